The molecule has 1 aliphatic rings. The number of nitrogens with one attached hydrogen (secondary N) is 1. The molecule has 2 rings (SSSR count). The number of benzene rings is 1. The molecule has 6 heteroatoms. The average molecular weight is 311 g/mol. The van der Waals surface area contributed by atoms with E-state index in [1.54, 1.807) is 18.2 Å². The van der Waals surface area contributed by atoms with Crippen LogP contribution >= 0.6 is 0 Å². The first-order valence-electron chi connectivity index (χ1n) is 7.60. The predicted octanol–water partition coefficient (Wildman–Crippen LogP) is 1.59. The van der Waals surface area contributed by atoms with E-state index < -0.39 is 10.0 Å². The second kappa shape index (κ2) is 6.77. The maximum Gasteiger partial charge on any atom is 0.240 e. The molecule has 1 aliphatic carbocycles. The molecule has 5 nitrogen and oxygen atoms in total. The van der Waals surface area contributed by atoms with Crippen molar-refractivity contribution in [3.05, 3.63) is 23.8 Å². The number of anilines is 1. The Labute approximate surface area is 127 Å². The first kappa shape index (κ1) is 16.3. The van der Waals surface area contributed by atoms with Gasteiger partial charge in [-0.25, -0.2) is 13.1 Å². The van der Waals surface area contributed by atoms with Crippen molar-refractivity contribution in [2.75, 3.05) is 25.4 Å². The van der Waals surface area contributed by atoms with E-state index in [0.717, 1.165) is 18.7 Å². The van der Waals surface area contributed by atoms with E-state index in [2.05, 4.69) is 16.5 Å². The van der Waals surface area contributed by atoms with Crippen LogP contribution in [-0.4, -0.2) is 39.0 Å². The topological polar surface area (TPSA) is 75.4 Å². The van der Waals surface area contributed by atoms with Crippen LogP contribution in [-0.2, 0) is 16.4 Å². The lowest BCUT2D eigenvalue weighted by atomic mass is 10.1. The van der Waals surface area contributed by atoms with Crippen LogP contribution in [0.15, 0.2) is 23.1 Å². The Morgan fingerprint density at radius 3 is 2.62 bits per heavy atom. The van der Waals surface area contributed by atoms with Crippen LogP contribution in [0.2, 0.25) is 0 Å². The molecule has 1 saturated carbocycles. The molecule has 0 bridgehead atoms. The van der Waals surface area contributed by atoms with Crippen molar-refractivity contribution in [1.82, 2.24) is 9.62 Å². The summed E-state index contributed by atoms with van der Waals surface area (Å²) in [6, 6.07) is 5.72. The Hall–Kier alpha value is -1.11. The van der Waals surface area contributed by atoms with Crippen LogP contribution in [0.25, 0.3) is 0 Å². The predicted molar refractivity (Wildman–Crippen MR) is 85.7 cm³/mol. The van der Waals surface area contributed by atoms with Crippen LogP contribution in [0.4, 0.5) is 5.69 Å². The smallest absolute Gasteiger partial charge is 0.240 e. The van der Waals surface area contributed by atoms with Gasteiger partial charge in [0.2, 0.25) is 10.0 Å². The zero-order valence-corrected chi connectivity index (χ0v) is 13.6. The lowest BCUT2D eigenvalue weighted by Gasteiger charge is -2.20. The zero-order valence-electron chi connectivity index (χ0n) is 12.8. The van der Waals surface area contributed by atoms with Gasteiger partial charge in [-0.3, -0.25) is 4.90 Å². The van der Waals surface area contributed by atoms with Crippen molar-refractivity contribution in [2.24, 2.45) is 0 Å². The molecule has 0 heterocycles. The fourth-order valence-electron chi connectivity index (χ4n) is 2.55. The maximum absolute atomic E-state index is 12.4. The Balaban J connectivity index is 2.02. The van der Waals surface area contributed by atoms with Gasteiger partial charge in [0.15, 0.2) is 0 Å². The summed E-state index contributed by atoms with van der Waals surface area (Å²) >= 11 is 0. The van der Waals surface area contributed by atoms with E-state index in [9.17, 15) is 8.42 Å². The Morgan fingerprint density at radius 1 is 1.33 bits per heavy atom. The molecule has 0 radical (unpaired) electrons. The van der Waals surface area contributed by atoms with E-state index in [-0.39, 0.29) is 0 Å². The van der Waals surface area contributed by atoms with Crippen LogP contribution in [0, 0.1) is 0 Å². The summed E-state index contributed by atoms with van der Waals surface area (Å²) in [4.78, 5) is 2.63. The van der Waals surface area contributed by atoms with Gasteiger partial charge >= 0.3 is 0 Å². The summed E-state index contributed by atoms with van der Waals surface area (Å²) in [5.74, 6) is 0. The van der Waals surface area contributed by atoms with Gasteiger partial charge < -0.3 is 5.73 Å². The number of aryl methyl sites for hydroxylation is 1. The first-order valence-corrected chi connectivity index (χ1v) is 9.08. The molecule has 0 saturated heterocycles. The molecular weight excluding hydrogens is 286 g/mol. The highest BCUT2D eigenvalue weighted by Crippen LogP contribution is 2.26. The SMILES string of the molecule is CCc1ccc(N)cc1S(=O)(=O)NCCN(CC)C1CC1. The lowest BCUT2D eigenvalue weighted by Crippen LogP contribution is -2.36. The highest BCUT2D eigenvalue weighted by atomic mass is 32.2. The summed E-state index contributed by atoms with van der Waals surface area (Å²) in [6.45, 7) is 6.20. The van der Waals surface area contributed by atoms with E-state index in [0.29, 0.717) is 29.6 Å². The third-order valence-corrected chi connectivity index (χ3v) is 5.47. The lowest BCUT2D eigenvalue weighted by molar-refractivity contribution is 0.282. The molecule has 3 N–H and O–H groups in total. The second-order valence-electron chi connectivity index (χ2n) is 5.48. The first-order chi connectivity index (χ1) is 9.97. The fraction of sp³-hybridized carbons (Fsp3) is 0.600. The quantitative estimate of drug-likeness (QED) is 0.715. The van der Waals surface area contributed by atoms with Crippen molar-refractivity contribution >= 4 is 15.7 Å². The standard InChI is InChI=1S/C15H25N3O2S/c1-3-12-5-6-13(16)11-15(12)21(19,20)17-9-10-18(4-2)14-7-8-14/h5-6,11,14,17H,3-4,7-10,16H2,1-2H3. The summed E-state index contributed by atoms with van der Waals surface area (Å²) < 4.78 is 27.6. The minimum absolute atomic E-state index is 0.305. The Morgan fingerprint density at radius 2 is 2.05 bits per heavy atom. The molecule has 21 heavy (non-hydrogen) atoms. The van der Waals surface area contributed by atoms with Crippen molar-refractivity contribution in [3.8, 4) is 0 Å². The number of rotatable bonds is 8. The van der Waals surface area contributed by atoms with E-state index in [1.165, 1.54) is 12.8 Å². The maximum atomic E-state index is 12.4. The van der Waals surface area contributed by atoms with Gasteiger partial charge in [-0.2, -0.15) is 0 Å². The molecule has 0 aliphatic heterocycles. The van der Waals surface area contributed by atoms with Crippen molar-refractivity contribution in [2.45, 2.75) is 44.0 Å². The molecule has 1 aromatic carbocycles. The molecule has 118 valence electrons. The normalized spacial score (nSPS) is 15.6. The van der Waals surface area contributed by atoms with Gasteiger partial charge in [0, 0.05) is 24.8 Å². The highest BCUT2D eigenvalue weighted by molar-refractivity contribution is 7.89. The number of hydrogen-bond donors (Lipinski definition) is 2. The van der Waals surface area contributed by atoms with Gasteiger partial charge in [0.1, 0.15) is 0 Å². The summed E-state index contributed by atoms with van der Waals surface area (Å²) in [5, 5.41) is 0. The number of nitrogens with two attached hydrogens (primary N) is 1. The van der Waals surface area contributed by atoms with Gasteiger partial charge in [0.25, 0.3) is 0 Å². The largest absolute Gasteiger partial charge is 0.399 e. The van der Waals surface area contributed by atoms with Crippen molar-refractivity contribution < 1.29 is 8.42 Å². The van der Waals surface area contributed by atoms with E-state index >= 15 is 0 Å². The number of likely N-dealkylation sites (N-methyl/N-ethyl adjacent to an activating group) is 1. The van der Waals surface area contributed by atoms with Crippen LogP contribution in [0.5, 0.6) is 0 Å². The molecule has 0 aromatic heterocycles. The molecule has 0 atom stereocenters. The molecule has 0 unspecified atom stereocenters. The number of nitrogen functional groups attached to an aromatic ring is 1. The number of hydrogen-bond acceptors (Lipinski definition) is 4. The molecule has 1 fully saturated rings. The van der Waals surface area contributed by atoms with Crippen molar-refractivity contribution in [3.63, 3.8) is 0 Å². The Kier molecular flexibility index (Phi) is 5.24. The van der Waals surface area contributed by atoms with Gasteiger partial charge in [-0.05, 0) is 43.5 Å². The molecular formula is C15H25N3O2S. The summed E-state index contributed by atoms with van der Waals surface area (Å²) in [6.07, 6.45) is 3.13. The third-order valence-electron chi connectivity index (χ3n) is 3.92. The Bertz CT molecular complexity index is 583. The van der Waals surface area contributed by atoms with Crippen LogP contribution in [0.3, 0.4) is 0 Å². The van der Waals surface area contributed by atoms with Crippen LogP contribution in [0.1, 0.15) is 32.3 Å². The van der Waals surface area contributed by atoms with Crippen LogP contribution < -0.4 is 10.5 Å². The highest BCUT2D eigenvalue weighted by Gasteiger charge is 2.27. The monoisotopic (exact) mass is 311 g/mol. The number of nitrogens with zero attached hydrogens (tertiary/aromatic N) is 1. The molecule has 0 amide bonds. The minimum atomic E-state index is -3.49. The number of sulfonamides is 1. The van der Waals surface area contributed by atoms with E-state index in [4.69, 9.17) is 5.73 Å². The molecule has 0 spiro atoms. The van der Waals surface area contributed by atoms with Gasteiger partial charge in [-0.1, -0.05) is 19.9 Å². The van der Waals surface area contributed by atoms with E-state index in [1.807, 2.05) is 6.92 Å². The minimum Gasteiger partial charge on any atom is -0.399 e. The zero-order chi connectivity index (χ0) is 15.5. The van der Waals surface area contributed by atoms with Crippen molar-refractivity contribution in [1.29, 1.82) is 0 Å². The fourth-order valence-corrected chi connectivity index (χ4v) is 3.92. The molecule has 1 aromatic rings. The van der Waals surface area contributed by atoms with Gasteiger partial charge in [-0.15, -0.1) is 0 Å². The third kappa shape index (κ3) is 4.18. The summed E-state index contributed by atoms with van der Waals surface area (Å²) in [7, 11) is -3.49. The average Bonchev–Trinajstić information content (AvgIpc) is 3.28. The second-order valence-corrected chi connectivity index (χ2v) is 7.21. The van der Waals surface area contributed by atoms with Gasteiger partial charge in [0.05, 0.1) is 4.90 Å². The summed E-state index contributed by atoms with van der Waals surface area (Å²) in [5.41, 5.74) is 7.00.